The molecule has 0 heterocycles. The summed E-state index contributed by atoms with van der Waals surface area (Å²) < 4.78 is 32.5. The van der Waals surface area contributed by atoms with E-state index in [-0.39, 0.29) is 19.4 Å². The summed E-state index contributed by atoms with van der Waals surface area (Å²) in [5.41, 5.74) is 5.32. The Bertz CT molecular complexity index is 1310. The summed E-state index contributed by atoms with van der Waals surface area (Å²) in [6.45, 7) is 2.52. The standard InChI is InChI=1S/C44H70NO10P/c1-3-5-7-9-11-13-15-17-19-20-22-24-26-28-30-32-34-36-43(47)55-40(38-53-56(50,51)54-39-41(45)44(48)49)37-52-42(46)35-33-31-29-27-25-23-21-18-16-14-12-10-8-6-4-2/h6,8,10-14,16-19,21-22,24,28,30,40-41H,3-5,7,9,15,20,23,25-27,29,31-39,45H2,1-2H3,(H,48,49)(H,50,51)/b8-6+,12-10+,13-11+,16-14+,19-17+,21-18+,24-22+,30-28+/t40-,41+/m1/s1. The number of phosphoric acid groups is 1. The molecule has 0 bridgehead atoms. The van der Waals surface area contributed by atoms with Crippen LogP contribution in [0.15, 0.2) is 97.2 Å². The van der Waals surface area contributed by atoms with Crippen molar-refractivity contribution >= 4 is 25.7 Å². The van der Waals surface area contributed by atoms with Crippen molar-refractivity contribution in [3.05, 3.63) is 97.2 Å². The third-order valence-corrected chi connectivity index (χ3v) is 8.86. The topological polar surface area (TPSA) is 172 Å². The van der Waals surface area contributed by atoms with Gasteiger partial charge >= 0.3 is 25.7 Å². The number of rotatable bonds is 36. The van der Waals surface area contributed by atoms with Gasteiger partial charge in [0, 0.05) is 12.8 Å². The van der Waals surface area contributed by atoms with E-state index in [1.165, 1.54) is 19.3 Å². The lowest BCUT2D eigenvalue weighted by Gasteiger charge is -2.20. The first-order chi connectivity index (χ1) is 27.1. The van der Waals surface area contributed by atoms with Crippen LogP contribution in [0.3, 0.4) is 0 Å². The second-order valence-corrected chi connectivity index (χ2v) is 14.6. The summed E-state index contributed by atoms with van der Waals surface area (Å²) in [4.78, 5) is 45.8. The van der Waals surface area contributed by atoms with Gasteiger partial charge in [0.15, 0.2) is 6.10 Å². The van der Waals surface area contributed by atoms with Gasteiger partial charge in [0.1, 0.15) is 12.6 Å². The molecule has 0 aliphatic heterocycles. The predicted octanol–water partition coefficient (Wildman–Crippen LogP) is 10.5. The second-order valence-electron chi connectivity index (χ2n) is 13.1. The van der Waals surface area contributed by atoms with Gasteiger partial charge in [-0.25, -0.2) is 4.57 Å². The molecular weight excluding hydrogens is 733 g/mol. The summed E-state index contributed by atoms with van der Waals surface area (Å²) >= 11 is 0. The SMILES string of the molecule is CC/C=C/C=C/C=C/C=C/CCCCCCCC(=O)OC[C@H](COP(=O)(O)OC[C@H](N)C(=O)O)OC(=O)CCC/C=C/C/C=C/C/C=C/C/C=C/CCCCC. The number of hydrogen-bond donors (Lipinski definition) is 3. The van der Waals surface area contributed by atoms with Gasteiger partial charge in [-0.2, -0.15) is 0 Å². The number of carbonyl (C=O) groups excluding carboxylic acids is 2. The minimum Gasteiger partial charge on any atom is -0.480 e. The van der Waals surface area contributed by atoms with Crippen LogP contribution in [0.2, 0.25) is 0 Å². The van der Waals surface area contributed by atoms with E-state index in [0.29, 0.717) is 19.3 Å². The van der Waals surface area contributed by atoms with Crippen LogP contribution in [0.25, 0.3) is 0 Å². The van der Waals surface area contributed by atoms with Crippen molar-refractivity contribution in [2.45, 2.75) is 142 Å². The molecule has 1 unspecified atom stereocenters. The van der Waals surface area contributed by atoms with Crippen LogP contribution in [-0.4, -0.2) is 59.9 Å². The number of ether oxygens (including phenoxy) is 2. The summed E-state index contributed by atoms with van der Waals surface area (Å²) in [7, 11) is -4.74. The van der Waals surface area contributed by atoms with E-state index in [1.807, 2.05) is 48.6 Å². The molecule has 0 aliphatic carbocycles. The van der Waals surface area contributed by atoms with E-state index in [0.717, 1.165) is 64.2 Å². The first-order valence-corrected chi connectivity index (χ1v) is 21.8. The minimum absolute atomic E-state index is 0.0734. The molecule has 56 heavy (non-hydrogen) atoms. The number of nitrogens with two attached hydrogens (primary N) is 1. The average Bonchev–Trinajstić information content (AvgIpc) is 3.17. The van der Waals surface area contributed by atoms with Gasteiger partial charge in [0.25, 0.3) is 0 Å². The maximum atomic E-state index is 12.6. The Labute approximate surface area is 336 Å². The Balaban J connectivity index is 4.57. The van der Waals surface area contributed by atoms with Gasteiger partial charge in [0.05, 0.1) is 13.2 Å². The van der Waals surface area contributed by atoms with E-state index in [9.17, 15) is 23.8 Å². The normalized spacial score (nSPS) is 14.8. The molecule has 0 saturated heterocycles. The summed E-state index contributed by atoms with van der Waals surface area (Å²) in [6, 6.07) is -1.54. The molecule has 0 radical (unpaired) electrons. The van der Waals surface area contributed by atoms with Crippen LogP contribution < -0.4 is 5.73 Å². The van der Waals surface area contributed by atoms with Gasteiger partial charge < -0.3 is 25.2 Å². The lowest BCUT2D eigenvalue weighted by atomic mass is 10.1. The summed E-state index contributed by atoms with van der Waals surface area (Å²) in [5.74, 6) is -2.50. The van der Waals surface area contributed by atoms with Gasteiger partial charge in [-0.05, 0) is 70.6 Å². The molecule has 0 saturated carbocycles. The Morgan fingerprint density at radius 2 is 1.09 bits per heavy atom. The van der Waals surface area contributed by atoms with Crippen molar-refractivity contribution < 1.29 is 47.5 Å². The Morgan fingerprint density at radius 3 is 1.71 bits per heavy atom. The van der Waals surface area contributed by atoms with Crippen molar-refractivity contribution in [2.75, 3.05) is 19.8 Å². The highest BCUT2D eigenvalue weighted by atomic mass is 31.2. The van der Waals surface area contributed by atoms with Crippen LogP contribution in [0.1, 0.15) is 129 Å². The molecule has 0 aromatic heterocycles. The van der Waals surface area contributed by atoms with E-state index < -0.39 is 51.1 Å². The number of carboxylic acids is 1. The van der Waals surface area contributed by atoms with E-state index in [4.69, 9.17) is 24.8 Å². The summed E-state index contributed by atoms with van der Waals surface area (Å²) in [5, 5.41) is 8.87. The number of phosphoric ester groups is 1. The van der Waals surface area contributed by atoms with E-state index in [2.05, 4.69) is 67.0 Å². The number of aliphatic carboxylic acids is 1. The van der Waals surface area contributed by atoms with Gasteiger partial charge in [-0.3, -0.25) is 23.4 Å². The fourth-order valence-electron chi connectivity index (χ4n) is 4.71. The van der Waals surface area contributed by atoms with Gasteiger partial charge in [-0.15, -0.1) is 0 Å². The van der Waals surface area contributed by atoms with E-state index >= 15 is 0 Å². The molecule has 0 aliphatic rings. The van der Waals surface area contributed by atoms with Crippen molar-refractivity contribution in [3.63, 3.8) is 0 Å². The number of carboxylic acid groups (broad SMARTS) is 1. The number of hydrogen-bond acceptors (Lipinski definition) is 9. The maximum absolute atomic E-state index is 12.6. The van der Waals surface area contributed by atoms with Crippen molar-refractivity contribution in [1.29, 1.82) is 0 Å². The molecule has 12 heteroatoms. The first kappa shape index (κ1) is 52.4. The molecule has 11 nitrogen and oxygen atoms in total. The number of esters is 2. The smallest absolute Gasteiger partial charge is 0.472 e. The monoisotopic (exact) mass is 803 g/mol. The van der Waals surface area contributed by atoms with Crippen molar-refractivity contribution in [2.24, 2.45) is 5.73 Å². The highest BCUT2D eigenvalue weighted by Crippen LogP contribution is 2.43. The average molecular weight is 804 g/mol. The van der Waals surface area contributed by atoms with Crippen LogP contribution in [-0.2, 0) is 37.5 Å². The quantitative estimate of drug-likeness (QED) is 0.0181. The Hall–Kier alpha value is -3.60. The lowest BCUT2D eigenvalue weighted by Crippen LogP contribution is -2.34. The molecule has 3 atom stereocenters. The zero-order chi connectivity index (χ0) is 41.4. The van der Waals surface area contributed by atoms with Crippen molar-refractivity contribution in [1.82, 2.24) is 0 Å². The van der Waals surface area contributed by atoms with E-state index in [1.54, 1.807) is 0 Å². The predicted molar refractivity (Wildman–Crippen MR) is 226 cm³/mol. The molecule has 0 aromatic rings. The molecule has 0 rings (SSSR count). The fraction of sp³-hybridized carbons (Fsp3) is 0.568. The molecule has 0 spiro atoms. The van der Waals surface area contributed by atoms with Gasteiger partial charge in [0.2, 0.25) is 0 Å². The zero-order valence-electron chi connectivity index (χ0n) is 33.9. The van der Waals surface area contributed by atoms with Crippen LogP contribution >= 0.6 is 7.82 Å². The zero-order valence-corrected chi connectivity index (χ0v) is 34.8. The number of unbranched alkanes of at least 4 members (excludes halogenated alkanes) is 9. The molecule has 0 fully saturated rings. The Kier molecular flexibility index (Phi) is 35.8. The number of carbonyl (C=O) groups is 3. The second kappa shape index (κ2) is 38.3. The fourth-order valence-corrected chi connectivity index (χ4v) is 5.49. The first-order valence-electron chi connectivity index (χ1n) is 20.3. The van der Waals surface area contributed by atoms with Crippen LogP contribution in [0.5, 0.6) is 0 Å². The van der Waals surface area contributed by atoms with Gasteiger partial charge in [-0.1, -0.05) is 143 Å². The minimum atomic E-state index is -4.74. The van der Waals surface area contributed by atoms with Crippen molar-refractivity contribution in [3.8, 4) is 0 Å². The Morgan fingerprint density at radius 1 is 0.589 bits per heavy atom. The lowest BCUT2D eigenvalue weighted by molar-refractivity contribution is -0.161. The molecule has 316 valence electrons. The third-order valence-electron chi connectivity index (χ3n) is 7.91. The highest BCUT2D eigenvalue weighted by Gasteiger charge is 2.28. The number of allylic oxidation sites excluding steroid dienone is 16. The third kappa shape index (κ3) is 37.3. The largest absolute Gasteiger partial charge is 0.480 e. The molecule has 0 aromatic carbocycles. The molecule has 0 amide bonds. The highest BCUT2D eigenvalue weighted by molar-refractivity contribution is 7.47. The van der Waals surface area contributed by atoms with Crippen LogP contribution in [0.4, 0.5) is 0 Å². The summed E-state index contributed by atoms with van der Waals surface area (Å²) in [6.07, 6.45) is 47.6. The molecule has 4 N–H and O–H groups in total. The molecular formula is C44H70NO10P. The van der Waals surface area contributed by atoms with Crippen LogP contribution in [0, 0.1) is 0 Å². The maximum Gasteiger partial charge on any atom is 0.472 e.